The molecule has 0 amide bonds. The molecule has 1 N–H and O–H groups in total. The minimum absolute atomic E-state index is 1.01. The number of rotatable bonds is 6. The molecule has 13 heavy (non-hydrogen) atoms. The van der Waals surface area contributed by atoms with Crippen molar-refractivity contribution in [2.75, 3.05) is 20.2 Å². The lowest BCUT2D eigenvalue weighted by Crippen LogP contribution is -2.17. The first-order chi connectivity index (χ1) is 6.36. The Hall–Kier alpha value is -0.540. The van der Waals surface area contributed by atoms with Crippen LogP contribution in [0.1, 0.15) is 18.9 Å². The first kappa shape index (κ1) is 10.5. The standard InChI is InChI=1S/C10H17NOS/c1-3-5-11-6-4-9-7-10(12-2)13-8-9/h7-8,11H,3-6H2,1-2H3. The minimum Gasteiger partial charge on any atom is -0.487 e. The molecule has 0 bridgehead atoms. The fourth-order valence-electron chi connectivity index (χ4n) is 1.13. The highest BCUT2D eigenvalue weighted by molar-refractivity contribution is 7.12. The van der Waals surface area contributed by atoms with Gasteiger partial charge in [-0.15, -0.1) is 11.3 Å². The Bertz CT molecular complexity index is 235. The molecule has 0 fully saturated rings. The van der Waals surface area contributed by atoms with Crippen LogP contribution < -0.4 is 10.1 Å². The molecule has 0 radical (unpaired) electrons. The highest BCUT2D eigenvalue weighted by atomic mass is 32.1. The highest BCUT2D eigenvalue weighted by Gasteiger charge is 1.98. The molecule has 74 valence electrons. The third-order valence-corrected chi connectivity index (χ3v) is 2.79. The summed E-state index contributed by atoms with van der Waals surface area (Å²) in [5, 5.41) is 6.54. The lowest BCUT2D eigenvalue weighted by Gasteiger charge is -1.99. The topological polar surface area (TPSA) is 21.3 Å². The first-order valence-electron chi connectivity index (χ1n) is 4.69. The van der Waals surface area contributed by atoms with Crippen LogP contribution in [-0.2, 0) is 6.42 Å². The predicted molar refractivity (Wildman–Crippen MR) is 57.7 cm³/mol. The largest absolute Gasteiger partial charge is 0.487 e. The molecule has 1 rings (SSSR count). The van der Waals surface area contributed by atoms with Gasteiger partial charge < -0.3 is 10.1 Å². The quantitative estimate of drug-likeness (QED) is 0.710. The van der Waals surface area contributed by atoms with Gasteiger partial charge in [-0.25, -0.2) is 0 Å². The van der Waals surface area contributed by atoms with Gasteiger partial charge in [-0.3, -0.25) is 0 Å². The van der Waals surface area contributed by atoms with Crippen molar-refractivity contribution in [1.29, 1.82) is 0 Å². The normalized spacial score (nSPS) is 10.3. The summed E-state index contributed by atoms with van der Waals surface area (Å²) in [4.78, 5) is 0. The van der Waals surface area contributed by atoms with Crippen molar-refractivity contribution in [3.05, 3.63) is 17.0 Å². The Labute approximate surface area is 83.9 Å². The summed E-state index contributed by atoms with van der Waals surface area (Å²) in [5.41, 5.74) is 1.37. The predicted octanol–water partition coefficient (Wildman–Crippen LogP) is 2.30. The number of methoxy groups -OCH3 is 1. The molecule has 0 spiro atoms. The van der Waals surface area contributed by atoms with Gasteiger partial charge in [0.15, 0.2) is 5.06 Å². The molecule has 0 saturated carbocycles. The molecule has 0 aliphatic carbocycles. The maximum absolute atomic E-state index is 5.12. The molecule has 0 aliphatic rings. The lowest BCUT2D eigenvalue weighted by molar-refractivity contribution is 0.427. The van der Waals surface area contributed by atoms with Crippen molar-refractivity contribution in [1.82, 2.24) is 5.32 Å². The molecule has 0 aromatic carbocycles. The van der Waals surface area contributed by atoms with E-state index in [9.17, 15) is 0 Å². The SMILES string of the molecule is CCCNCCc1csc(OC)c1. The van der Waals surface area contributed by atoms with Crippen molar-refractivity contribution in [3.8, 4) is 5.06 Å². The van der Waals surface area contributed by atoms with E-state index in [-0.39, 0.29) is 0 Å². The molecule has 1 heterocycles. The molecule has 2 nitrogen and oxygen atoms in total. The maximum Gasteiger partial charge on any atom is 0.173 e. The second-order valence-electron chi connectivity index (χ2n) is 2.98. The third-order valence-electron chi connectivity index (χ3n) is 1.85. The summed E-state index contributed by atoms with van der Waals surface area (Å²) >= 11 is 1.66. The second-order valence-corrected chi connectivity index (χ2v) is 3.85. The van der Waals surface area contributed by atoms with Crippen LogP contribution in [0.15, 0.2) is 11.4 Å². The van der Waals surface area contributed by atoms with Gasteiger partial charge in [0.05, 0.1) is 7.11 Å². The summed E-state index contributed by atoms with van der Waals surface area (Å²) in [5.74, 6) is 0. The number of hydrogen-bond acceptors (Lipinski definition) is 3. The van der Waals surface area contributed by atoms with Crippen LogP contribution in [0.3, 0.4) is 0 Å². The Morgan fingerprint density at radius 2 is 2.31 bits per heavy atom. The van der Waals surface area contributed by atoms with Crippen LogP contribution in [0, 0.1) is 0 Å². The van der Waals surface area contributed by atoms with E-state index in [2.05, 4.69) is 23.7 Å². The Kier molecular flexibility index (Phi) is 4.86. The zero-order chi connectivity index (χ0) is 9.52. The van der Waals surface area contributed by atoms with Crippen molar-refractivity contribution < 1.29 is 4.74 Å². The van der Waals surface area contributed by atoms with Crippen LogP contribution in [0.2, 0.25) is 0 Å². The van der Waals surface area contributed by atoms with E-state index >= 15 is 0 Å². The molecular formula is C10H17NOS. The summed E-state index contributed by atoms with van der Waals surface area (Å²) < 4.78 is 5.12. The smallest absolute Gasteiger partial charge is 0.173 e. The lowest BCUT2D eigenvalue weighted by atomic mass is 10.2. The van der Waals surface area contributed by atoms with E-state index in [1.807, 2.05) is 0 Å². The number of thiophene rings is 1. The van der Waals surface area contributed by atoms with Gasteiger partial charge in [0.1, 0.15) is 0 Å². The summed E-state index contributed by atoms with van der Waals surface area (Å²) in [6.07, 6.45) is 2.30. The van der Waals surface area contributed by atoms with E-state index in [0.717, 1.165) is 24.6 Å². The third kappa shape index (κ3) is 3.79. The van der Waals surface area contributed by atoms with Crippen molar-refractivity contribution in [3.63, 3.8) is 0 Å². The van der Waals surface area contributed by atoms with Gasteiger partial charge in [0.25, 0.3) is 0 Å². The molecule has 0 unspecified atom stereocenters. The van der Waals surface area contributed by atoms with Crippen molar-refractivity contribution >= 4 is 11.3 Å². The van der Waals surface area contributed by atoms with Gasteiger partial charge >= 0.3 is 0 Å². The zero-order valence-corrected chi connectivity index (χ0v) is 9.12. The summed E-state index contributed by atoms with van der Waals surface area (Å²) in [6.45, 7) is 4.36. The van der Waals surface area contributed by atoms with E-state index in [0.29, 0.717) is 0 Å². The monoisotopic (exact) mass is 199 g/mol. The average Bonchev–Trinajstić information content (AvgIpc) is 2.60. The molecular weight excluding hydrogens is 182 g/mol. The fourth-order valence-corrected chi connectivity index (χ4v) is 1.89. The Morgan fingerprint density at radius 3 is 2.92 bits per heavy atom. The van der Waals surface area contributed by atoms with Crippen LogP contribution in [-0.4, -0.2) is 20.2 Å². The summed E-state index contributed by atoms with van der Waals surface area (Å²) in [7, 11) is 1.71. The van der Waals surface area contributed by atoms with Gasteiger partial charge in [-0.05, 0) is 42.9 Å². The van der Waals surface area contributed by atoms with Gasteiger partial charge in [0, 0.05) is 0 Å². The fraction of sp³-hybridized carbons (Fsp3) is 0.600. The van der Waals surface area contributed by atoms with Gasteiger partial charge in [0.2, 0.25) is 0 Å². The molecule has 3 heteroatoms. The number of nitrogens with one attached hydrogen (secondary N) is 1. The van der Waals surface area contributed by atoms with Crippen molar-refractivity contribution in [2.24, 2.45) is 0 Å². The van der Waals surface area contributed by atoms with Crippen molar-refractivity contribution in [2.45, 2.75) is 19.8 Å². The molecule has 0 aliphatic heterocycles. The molecule has 0 saturated heterocycles. The van der Waals surface area contributed by atoms with E-state index in [1.165, 1.54) is 12.0 Å². The summed E-state index contributed by atoms with van der Waals surface area (Å²) in [6, 6.07) is 2.11. The average molecular weight is 199 g/mol. The highest BCUT2D eigenvalue weighted by Crippen LogP contribution is 2.22. The second kappa shape index (κ2) is 6.00. The maximum atomic E-state index is 5.12. The van der Waals surface area contributed by atoms with Crippen LogP contribution in [0.25, 0.3) is 0 Å². The van der Waals surface area contributed by atoms with E-state index in [4.69, 9.17) is 4.74 Å². The van der Waals surface area contributed by atoms with Crippen LogP contribution >= 0.6 is 11.3 Å². The number of ether oxygens (including phenoxy) is 1. The van der Waals surface area contributed by atoms with E-state index < -0.39 is 0 Å². The van der Waals surface area contributed by atoms with Crippen LogP contribution in [0.4, 0.5) is 0 Å². The van der Waals surface area contributed by atoms with Crippen LogP contribution in [0.5, 0.6) is 5.06 Å². The Morgan fingerprint density at radius 1 is 1.46 bits per heavy atom. The molecule has 1 aromatic heterocycles. The first-order valence-corrected chi connectivity index (χ1v) is 5.57. The molecule has 1 aromatic rings. The van der Waals surface area contributed by atoms with E-state index in [1.54, 1.807) is 18.4 Å². The minimum atomic E-state index is 1.01. The van der Waals surface area contributed by atoms with Gasteiger partial charge in [-0.1, -0.05) is 6.92 Å². The zero-order valence-electron chi connectivity index (χ0n) is 8.30. The van der Waals surface area contributed by atoms with Gasteiger partial charge in [-0.2, -0.15) is 0 Å². The Balaban J connectivity index is 2.20. The number of hydrogen-bond donors (Lipinski definition) is 1. The molecule has 0 atom stereocenters.